The second-order valence-corrected chi connectivity index (χ2v) is 8.75. The Bertz CT molecular complexity index is 1130. The zero-order chi connectivity index (χ0) is 22.0. The van der Waals surface area contributed by atoms with Crippen LogP contribution in [0, 0.1) is 12.7 Å². The molecule has 1 fully saturated rings. The Balaban J connectivity index is 1.56. The van der Waals surface area contributed by atoms with E-state index in [0.717, 1.165) is 5.56 Å². The smallest absolute Gasteiger partial charge is 0.246 e. The SMILES string of the molecule is Cc1ccc(N2C(=O)CS[C@H]2c2cccc(NC(=O)[C@H](Cl)c3ccccc3)c2)cc1F. The van der Waals surface area contributed by atoms with Crippen molar-refractivity contribution in [2.24, 2.45) is 0 Å². The van der Waals surface area contributed by atoms with Crippen molar-refractivity contribution in [1.29, 1.82) is 0 Å². The van der Waals surface area contributed by atoms with E-state index in [1.807, 2.05) is 36.4 Å². The molecule has 0 spiro atoms. The van der Waals surface area contributed by atoms with E-state index in [-0.39, 0.29) is 23.0 Å². The highest BCUT2D eigenvalue weighted by Gasteiger charge is 2.34. The van der Waals surface area contributed by atoms with Crippen molar-refractivity contribution in [1.82, 2.24) is 0 Å². The number of thioether (sulfide) groups is 1. The highest BCUT2D eigenvalue weighted by Crippen LogP contribution is 2.42. The summed E-state index contributed by atoms with van der Waals surface area (Å²) in [7, 11) is 0. The first-order chi connectivity index (χ1) is 14.9. The standard InChI is InChI=1S/C24H20ClFN2O2S/c1-15-10-11-19(13-20(15)26)28-21(29)14-31-24(28)17-8-5-9-18(12-17)27-23(30)22(25)16-6-3-2-4-7-16/h2-13,22,24H,14H2,1H3,(H,27,30)/t22-,24+/m1/s1. The summed E-state index contributed by atoms with van der Waals surface area (Å²) in [4.78, 5) is 26.8. The molecule has 0 bridgehead atoms. The summed E-state index contributed by atoms with van der Waals surface area (Å²) in [5.41, 5.74) is 3.17. The van der Waals surface area contributed by atoms with Crippen LogP contribution in [-0.4, -0.2) is 17.6 Å². The van der Waals surface area contributed by atoms with Gasteiger partial charge in [0.2, 0.25) is 11.8 Å². The molecule has 0 saturated carbocycles. The summed E-state index contributed by atoms with van der Waals surface area (Å²) in [6.45, 7) is 1.68. The lowest BCUT2D eigenvalue weighted by atomic mass is 10.1. The number of alkyl halides is 1. The van der Waals surface area contributed by atoms with Gasteiger partial charge in [-0.25, -0.2) is 4.39 Å². The van der Waals surface area contributed by atoms with E-state index >= 15 is 0 Å². The Hall–Kier alpha value is -2.83. The van der Waals surface area contributed by atoms with Gasteiger partial charge in [0.25, 0.3) is 0 Å². The zero-order valence-corrected chi connectivity index (χ0v) is 18.3. The first kappa shape index (κ1) is 21.4. The van der Waals surface area contributed by atoms with Crippen LogP contribution in [0.25, 0.3) is 0 Å². The molecular weight excluding hydrogens is 435 g/mol. The van der Waals surface area contributed by atoms with Crippen molar-refractivity contribution in [3.63, 3.8) is 0 Å². The number of carbonyl (C=O) groups is 2. The molecule has 7 heteroatoms. The predicted molar refractivity (Wildman–Crippen MR) is 124 cm³/mol. The third-order valence-corrected chi connectivity index (χ3v) is 6.73. The number of nitrogens with one attached hydrogen (secondary N) is 1. The molecule has 0 radical (unpaired) electrons. The topological polar surface area (TPSA) is 49.4 Å². The highest BCUT2D eigenvalue weighted by molar-refractivity contribution is 8.00. The molecular formula is C24H20ClFN2O2S. The van der Waals surface area contributed by atoms with E-state index < -0.39 is 5.38 Å². The summed E-state index contributed by atoms with van der Waals surface area (Å²) in [5.74, 6) is -0.472. The molecule has 1 saturated heterocycles. The number of nitrogens with zero attached hydrogens (tertiary/aromatic N) is 1. The molecule has 0 aromatic heterocycles. The zero-order valence-electron chi connectivity index (χ0n) is 16.7. The van der Waals surface area contributed by atoms with Crippen LogP contribution in [0.4, 0.5) is 15.8 Å². The Morgan fingerprint density at radius 2 is 1.90 bits per heavy atom. The molecule has 3 aromatic rings. The molecule has 1 heterocycles. The Kier molecular flexibility index (Phi) is 6.30. The normalized spacial score (nSPS) is 16.9. The van der Waals surface area contributed by atoms with Crippen LogP contribution in [0.3, 0.4) is 0 Å². The predicted octanol–water partition coefficient (Wildman–Crippen LogP) is 5.83. The van der Waals surface area contributed by atoms with Crippen molar-refractivity contribution in [3.8, 4) is 0 Å². The minimum absolute atomic E-state index is 0.0856. The van der Waals surface area contributed by atoms with E-state index in [1.165, 1.54) is 17.8 Å². The summed E-state index contributed by atoms with van der Waals surface area (Å²) in [6.07, 6.45) is 0. The van der Waals surface area contributed by atoms with Gasteiger partial charge in [0.05, 0.1) is 5.75 Å². The largest absolute Gasteiger partial charge is 0.324 e. The second kappa shape index (κ2) is 9.12. The quantitative estimate of drug-likeness (QED) is 0.493. The lowest BCUT2D eigenvalue weighted by Gasteiger charge is -2.25. The first-order valence-electron chi connectivity index (χ1n) is 9.73. The minimum Gasteiger partial charge on any atom is -0.324 e. The fourth-order valence-corrected chi connectivity index (χ4v) is 4.80. The van der Waals surface area contributed by atoms with Crippen molar-refractivity contribution in [2.45, 2.75) is 17.7 Å². The van der Waals surface area contributed by atoms with Crippen LogP contribution < -0.4 is 10.2 Å². The fraction of sp³-hybridized carbons (Fsp3) is 0.167. The van der Waals surface area contributed by atoms with Crippen LogP contribution in [-0.2, 0) is 9.59 Å². The van der Waals surface area contributed by atoms with Gasteiger partial charge in [-0.3, -0.25) is 14.5 Å². The number of carbonyl (C=O) groups excluding carboxylic acids is 2. The van der Waals surface area contributed by atoms with Crippen LogP contribution >= 0.6 is 23.4 Å². The maximum atomic E-state index is 14.1. The molecule has 0 aliphatic carbocycles. The first-order valence-corrected chi connectivity index (χ1v) is 11.2. The van der Waals surface area contributed by atoms with Crippen LogP contribution in [0.5, 0.6) is 0 Å². The molecule has 3 aromatic carbocycles. The van der Waals surface area contributed by atoms with E-state index in [9.17, 15) is 14.0 Å². The highest BCUT2D eigenvalue weighted by atomic mass is 35.5. The molecule has 4 rings (SSSR count). The van der Waals surface area contributed by atoms with Crippen LogP contribution in [0.15, 0.2) is 72.8 Å². The summed E-state index contributed by atoms with van der Waals surface area (Å²) < 4.78 is 14.1. The van der Waals surface area contributed by atoms with E-state index in [0.29, 0.717) is 28.3 Å². The molecule has 31 heavy (non-hydrogen) atoms. The second-order valence-electron chi connectivity index (χ2n) is 7.25. The number of aryl methyl sites for hydroxylation is 1. The van der Waals surface area contributed by atoms with E-state index in [1.54, 1.807) is 42.2 Å². The number of halogens is 2. The van der Waals surface area contributed by atoms with Crippen molar-refractivity contribution >= 4 is 46.6 Å². The Morgan fingerprint density at radius 1 is 1.13 bits per heavy atom. The molecule has 2 amide bonds. The van der Waals surface area contributed by atoms with Gasteiger partial charge in [-0.15, -0.1) is 23.4 Å². The van der Waals surface area contributed by atoms with Crippen LogP contribution in [0.1, 0.15) is 27.4 Å². The monoisotopic (exact) mass is 454 g/mol. The lowest BCUT2D eigenvalue weighted by Crippen LogP contribution is -2.28. The molecule has 1 aliphatic rings. The van der Waals surface area contributed by atoms with Gasteiger partial charge < -0.3 is 5.32 Å². The molecule has 0 unspecified atom stereocenters. The van der Waals surface area contributed by atoms with Gasteiger partial charge in [-0.2, -0.15) is 0 Å². The average molecular weight is 455 g/mol. The maximum Gasteiger partial charge on any atom is 0.246 e. The van der Waals surface area contributed by atoms with Crippen LogP contribution in [0.2, 0.25) is 0 Å². The third-order valence-electron chi connectivity index (χ3n) is 5.06. The molecule has 158 valence electrons. The number of rotatable bonds is 5. The summed E-state index contributed by atoms with van der Waals surface area (Å²) in [6, 6.07) is 21.2. The van der Waals surface area contributed by atoms with Crippen molar-refractivity contribution < 1.29 is 14.0 Å². The summed E-state index contributed by atoms with van der Waals surface area (Å²) in [5, 5.41) is 1.71. The number of hydrogen-bond acceptors (Lipinski definition) is 3. The Morgan fingerprint density at radius 3 is 2.65 bits per heavy atom. The molecule has 4 nitrogen and oxygen atoms in total. The number of hydrogen-bond donors (Lipinski definition) is 1. The van der Waals surface area contributed by atoms with Gasteiger partial charge in [0.15, 0.2) is 0 Å². The Labute approximate surface area is 189 Å². The van der Waals surface area contributed by atoms with Crippen molar-refractivity contribution in [3.05, 3.63) is 95.3 Å². The lowest BCUT2D eigenvalue weighted by molar-refractivity contribution is -0.116. The average Bonchev–Trinajstić information content (AvgIpc) is 3.17. The van der Waals surface area contributed by atoms with Gasteiger partial charge in [-0.05, 0) is 47.9 Å². The summed E-state index contributed by atoms with van der Waals surface area (Å²) >= 11 is 7.78. The minimum atomic E-state index is -0.820. The number of anilines is 2. The van der Waals surface area contributed by atoms with Gasteiger partial charge in [0, 0.05) is 11.4 Å². The molecule has 1 N–H and O–H groups in total. The van der Waals surface area contributed by atoms with E-state index in [4.69, 9.17) is 11.6 Å². The van der Waals surface area contributed by atoms with E-state index in [2.05, 4.69) is 5.32 Å². The molecule has 2 atom stereocenters. The van der Waals surface area contributed by atoms with Crippen molar-refractivity contribution in [2.75, 3.05) is 16.0 Å². The third kappa shape index (κ3) is 4.60. The number of amides is 2. The maximum absolute atomic E-state index is 14.1. The van der Waals surface area contributed by atoms with Gasteiger partial charge in [-0.1, -0.05) is 48.5 Å². The van der Waals surface area contributed by atoms with Gasteiger partial charge >= 0.3 is 0 Å². The fourth-order valence-electron chi connectivity index (χ4n) is 3.43. The van der Waals surface area contributed by atoms with Gasteiger partial charge in [0.1, 0.15) is 16.6 Å². The molecule has 1 aliphatic heterocycles. The number of benzene rings is 3.